The Hall–Kier alpha value is -1.46. The van der Waals surface area contributed by atoms with Crippen molar-refractivity contribution in [2.45, 2.75) is 44.7 Å². The maximum absolute atomic E-state index is 10.9. The normalized spacial score (nSPS) is 18.6. The van der Waals surface area contributed by atoms with Gasteiger partial charge in [-0.05, 0) is 45.0 Å². The minimum atomic E-state index is -0.317. The first-order valence-corrected chi connectivity index (χ1v) is 7.79. The largest absolute Gasteiger partial charge is 0.307 e. The fourth-order valence-electron chi connectivity index (χ4n) is 2.95. The van der Waals surface area contributed by atoms with Gasteiger partial charge in [0.25, 0.3) is 5.69 Å². The van der Waals surface area contributed by atoms with Crippen molar-refractivity contribution >= 4 is 5.69 Å². The second-order valence-corrected chi connectivity index (χ2v) is 5.94. The van der Waals surface area contributed by atoms with Crippen LogP contribution in [0, 0.1) is 10.1 Å². The van der Waals surface area contributed by atoms with Gasteiger partial charge in [-0.25, -0.2) is 0 Å². The Labute approximate surface area is 126 Å². The van der Waals surface area contributed by atoms with Crippen LogP contribution >= 0.6 is 0 Å². The number of likely N-dealkylation sites (tertiary alicyclic amines) is 1. The first-order valence-electron chi connectivity index (χ1n) is 7.79. The number of nitro groups is 1. The van der Waals surface area contributed by atoms with Crippen molar-refractivity contribution in [3.63, 3.8) is 0 Å². The molecule has 0 spiro atoms. The van der Waals surface area contributed by atoms with Crippen LogP contribution in [0.1, 0.15) is 44.2 Å². The van der Waals surface area contributed by atoms with E-state index in [0.717, 1.165) is 44.3 Å². The van der Waals surface area contributed by atoms with Gasteiger partial charge in [-0.1, -0.05) is 25.5 Å². The second kappa shape index (κ2) is 7.52. The smallest absolute Gasteiger partial charge is 0.269 e. The summed E-state index contributed by atoms with van der Waals surface area (Å²) in [4.78, 5) is 13.0. The van der Waals surface area contributed by atoms with Crippen LogP contribution in [0.4, 0.5) is 5.69 Å². The minimum Gasteiger partial charge on any atom is -0.307 e. The van der Waals surface area contributed by atoms with Crippen LogP contribution in [0.3, 0.4) is 0 Å². The van der Waals surface area contributed by atoms with E-state index in [1.807, 2.05) is 6.07 Å². The predicted octanol–water partition coefficient (Wildman–Crippen LogP) is 3.12. The zero-order valence-electron chi connectivity index (χ0n) is 12.9. The van der Waals surface area contributed by atoms with E-state index in [1.54, 1.807) is 18.2 Å². The van der Waals surface area contributed by atoms with Gasteiger partial charge in [0.05, 0.1) is 4.92 Å². The fourth-order valence-corrected chi connectivity index (χ4v) is 2.95. The number of nitrogens with one attached hydrogen (secondary N) is 1. The van der Waals surface area contributed by atoms with E-state index in [2.05, 4.69) is 24.2 Å². The van der Waals surface area contributed by atoms with Gasteiger partial charge in [0.15, 0.2) is 0 Å². The first kappa shape index (κ1) is 15.9. The third kappa shape index (κ3) is 4.51. The average Bonchev–Trinajstić information content (AvgIpc) is 2.49. The van der Waals surface area contributed by atoms with Gasteiger partial charge in [0, 0.05) is 24.2 Å². The highest BCUT2D eigenvalue weighted by Gasteiger charge is 2.21. The molecule has 1 aromatic carbocycles. The van der Waals surface area contributed by atoms with Crippen molar-refractivity contribution in [2.75, 3.05) is 20.1 Å². The molecule has 116 valence electrons. The number of nitrogens with zero attached hydrogens (tertiary/aromatic N) is 2. The van der Waals surface area contributed by atoms with Gasteiger partial charge < -0.3 is 10.2 Å². The topological polar surface area (TPSA) is 58.4 Å². The average molecular weight is 291 g/mol. The van der Waals surface area contributed by atoms with E-state index in [1.165, 1.54) is 0 Å². The number of nitro benzene ring substituents is 1. The minimum absolute atomic E-state index is 0.179. The Bertz CT molecular complexity index is 470. The maximum atomic E-state index is 10.9. The molecule has 1 aromatic rings. The summed E-state index contributed by atoms with van der Waals surface area (Å²) in [7, 11) is 2.15. The van der Waals surface area contributed by atoms with Gasteiger partial charge in [0.1, 0.15) is 0 Å². The number of piperidine rings is 1. The molecule has 1 fully saturated rings. The van der Waals surface area contributed by atoms with Gasteiger partial charge in [0.2, 0.25) is 0 Å². The molecule has 1 unspecified atom stereocenters. The number of benzene rings is 1. The number of hydrogen-bond donors (Lipinski definition) is 1. The third-order valence-electron chi connectivity index (χ3n) is 4.22. The van der Waals surface area contributed by atoms with E-state index < -0.39 is 0 Å². The summed E-state index contributed by atoms with van der Waals surface area (Å²) in [6, 6.07) is 7.77. The Morgan fingerprint density at radius 3 is 2.76 bits per heavy atom. The molecule has 0 saturated carbocycles. The first-order chi connectivity index (χ1) is 10.1. The third-order valence-corrected chi connectivity index (χ3v) is 4.22. The number of rotatable bonds is 6. The molecule has 1 aliphatic rings. The van der Waals surface area contributed by atoms with Crippen molar-refractivity contribution in [3.8, 4) is 0 Å². The highest BCUT2D eigenvalue weighted by atomic mass is 16.6. The standard InChI is InChI=1S/C16H25N3O2/c1-3-5-16(17-14-8-10-18(2)11-9-14)13-6-4-7-15(12-13)19(20)21/h4,6-7,12,14,16-17H,3,5,8-11H2,1-2H3. The van der Waals surface area contributed by atoms with Crippen molar-refractivity contribution in [3.05, 3.63) is 39.9 Å². The molecule has 1 N–H and O–H groups in total. The molecule has 0 bridgehead atoms. The molecule has 21 heavy (non-hydrogen) atoms. The molecule has 1 heterocycles. The number of hydrogen-bond acceptors (Lipinski definition) is 4. The molecule has 1 aliphatic heterocycles. The van der Waals surface area contributed by atoms with Crippen LogP contribution in [0.25, 0.3) is 0 Å². The molecule has 5 nitrogen and oxygen atoms in total. The van der Waals surface area contributed by atoms with E-state index >= 15 is 0 Å². The molecule has 0 aromatic heterocycles. The molecular weight excluding hydrogens is 266 g/mol. The zero-order valence-corrected chi connectivity index (χ0v) is 12.9. The van der Waals surface area contributed by atoms with Crippen LogP contribution in [0.2, 0.25) is 0 Å². The van der Waals surface area contributed by atoms with Crippen LogP contribution in [0.5, 0.6) is 0 Å². The fraction of sp³-hybridized carbons (Fsp3) is 0.625. The van der Waals surface area contributed by atoms with Crippen LogP contribution in [-0.4, -0.2) is 36.0 Å². The van der Waals surface area contributed by atoms with Crippen LogP contribution in [0.15, 0.2) is 24.3 Å². The molecule has 2 rings (SSSR count). The van der Waals surface area contributed by atoms with Crippen molar-refractivity contribution in [1.82, 2.24) is 10.2 Å². The second-order valence-electron chi connectivity index (χ2n) is 5.94. The van der Waals surface area contributed by atoms with Crippen molar-refractivity contribution < 1.29 is 4.92 Å². The lowest BCUT2D eigenvalue weighted by Gasteiger charge is -2.32. The van der Waals surface area contributed by atoms with Crippen LogP contribution in [-0.2, 0) is 0 Å². The summed E-state index contributed by atoms with van der Waals surface area (Å²) in [5.41, 5.74) is 1.21. The Morgan fingerprint density at radius 2 is 2.14 bits per heavy atom. The van der Waals surface area contributed by atoms with E-state index in [4.69, 9.17) is 0 Å². The zero-order chi connectivity index (χ0) is 15.2. The highest BCUT2D eigenvalue weighted by Crippen LogP contribution is 2.24. The van der Waals surface area contributed by atoms with Gasteiger partial charge in [-0.15, -0.1) is 0 Å². The molecule has 0 aliphatic carbocycles. The van der Waals surface area contributed by atoms with Gasteiger partial charge in [-0.3, -0.25) is 10.1 Å². The molecule has 1 atom stereocenters. The summed E-state index contributed by atoms with van der Waals surface area (Å²) in [5.74, 6) is 0. The Balaban J connectivity index is 2.07. The SMILES string of the molecule is CCCC(NC1CCN(C)CC1)c1cccc([N+](=O)[O-])c1. The summed E-state index contributed by atoms with van der Waals surface area (Å²) in [5, 5.41) is 14.6. The summed E-state index contributed by atoms with van der Waals surface area (Å²) < 4.78 is 0. The lowest BCUT2D eigenvalue weighted by molar-refractivity contribution is -0.384. The lowest BCUT2D eigenvalue weighted by atomic mass is 9.98. The molecular formula is C16H25N3O2. The molecule has 0 radical (unpaired) electrons. The maximum Gasteiger partial charge on any atom is 0.269 e. The molecule has 1 saturated heterocycles. The van der Waals surface area contributed by atoms with Gasteiger partial charge in [-0.2, -0.15) is 0 Å². The Kier molecular flexibility index (Phi) is 5.70. The molecule has 0 amide bonds. The van der Waals surface area contributed by atoms with E-state index in [0.29, 0.717) is 6.04 Å². The Morgan fingerprint density at radius 1 is 1.43 bits per heavy atom. The highest BCUT2D eigenvalue weighted by molar-refractivity contribution is 5.35. The predicted molar refractivity (Wildman–Crippen MR) is 84.4 cm³/mol. The quantitative estimate of drug-likeness (QED) is 0.646. The van der Waals surface area contributed by atoms with Crippen molar-refractivity contribution in [1.29, 1.82) is 0 Å². The van der Waals surface area contributed by atoms with Gasteiger partial charge >= 0.3 is 0 Å². The number of non-ortho nitro benzene ring substituents is 1. The lowest BCUT2D eigenvalue weighted by Crippen LogP contribution is -2.42. The van der Waals surface area contributed by atoms with Crippen molar-refractivity contribution in [2.24, 2.45) is 0 Å². The summed E-state index contributed by atoms with van der Waals surface area (Å²) in [6.07, 6.45) is 4.36. The van der Waals surface area contributed by atoms with E-state index in [9.17, 15) is 10.1 Å². The van der Waals surface area contributed by atoms with E-state index in [-0.39, 0.29) is 16.7 Å². The summed E-state index contributed by atoms with van der Waals surface area (Å²) in [6.45, 7) is 4.39. The summed E-state index contributed by atoms with van der Waals surface area (Å²) >= 11 is 0. The monoisotopic (exact) mass is 291 g/mol. The van der Waals surface area contributed by atoms with Crippen LogP contribution < -0.4 is 5.32 Å². The molecule has 5 heteroatoms.